The van der Waals surface area contributed by atoms with Crippen LogP contribution in [0.5, 0.6) is 5.75 Å². The minimum absolute atomic E-state index is 0.403. The number of fused-ring (bicyclic) bond motifs is 1. The molecule has 19 heavy (non-hydrogen) atoms. The van der Waals surface area contributed by atoms with Gasteiger partial charge in [0.15, 0.2) is 0 Å². The van der Waals surface area contributed by atoms with Crippen molar-refractivity contribution in [2.45, 2.75) is 32.7 Å². The first-order valence-electron chi connectivity index (χ1n) is 6.77. The summed E-state index contributed by atoms with van der Waals surface area (Å²) in [6.45, 7) is 3.89. The second kappa shape index (κ2) is 4.61. The molecular weight excluding hydrogens is 234 g/mol. The van der Waals surface area contributed by atoms with Crippen molar-refractivity contribution in [1.82, 2.24) is 0 Å². The molecule has 1 aliphatic rings. The molecule has 2 heteroatoms. The molecule has 0 spiro atoms. The molecule has 0 fully saturated rings. The molecule has 3 rings (SSSR count). The molecule has 2 N–H and O–H groups in total. The SMILES string of the molecule is Cc1ccc(NC2Cc3ccccc3C2)c(C)c1O. The molecule has 98 valence electrons. The van der Waals surface area contributed by atoms with E-state index in [-0.39, 0.29) is 0 Å². The summed E-state index contributed by atoms with van der Waals surface area (Å²) >= 11 is 0. The van der Waals surface area contributed by atoms with E-state index in [2.05, 4.69) is 35.6 Å². The summed E-state index contributed by atoms with van der Waals surface area (Å²) in [5.74, 6) is 0.403. The van der Waals surface area contributed by atoms with Crippen LogP contribution in [0.2, 0.25) is 0 Å². The van der Waals surface area contributed by atoms with Gasteiger partial charge in [-0.25, -0.2) is 0 Å². The van der Waals surface area contributed by atoms with Crippen LogP contribution in [-0.4, -0.2) is 11.1 Å². The lowest BCUT2D eigenvalue weighted by Crippen LogP contribution is -2.20. The number of phenolic OH excluding ortho intramolecular Hbond substituents is 1. The van der Waals surface area contributed by atoms with Crippen LogP contribution in [0.4, 0.5) is 5.69 Å². The third-order valence-electron chi connectivity index (χ3n) is 4.04. The average Bonchev–Trinajstić information content (AvgIpc) is 2.82. The van der Waals surface area contributed by atoms with Crippen molar-refractivity contribution < 1.29 is 5.11 Å². The molecule has 0 saturated heterocycles. The van der Waals surface area contributed by atoms with Crippen LogP contribution in [-0.2, 0) is 12.8 Å². The van der Waals surface area contributed by atoms with Gasteiger partial charge in [-0.3, -0.25) is 0 Å². The number of nitrogens with one attached hydrogen (secondary N) is 1. The number of hydrogen-bond acceptors (Lipinski definition) is 2. The highest BCUT2D eigenvalue weighted by molar-refractivity contribution is 5.60. The lowest BCUT2D eigenvalue weighted by Gasteiger charge is -2.17. The standard InChI is InChI=1S/C17H19NO/c1-11-7-8-16(12(2)17(11)19)18-15-9-13-5-3-4-6-14(13)10-15/h3-8,15,18-19H,9-10H2,1-2H3. The quantitative estimate of drug-likeness (QED) is 0.857. The number of benzene rings is 2. The molecule has 2 aromatic rings. The van der Waals surface area contributed by atoms with Crippen LogP contribution in [0.25, 0.3) is 0 Å². The van der Waals surface area contributed by atoms with E-state index >= 15 is 0 Å². The summed E-state index contributed by atoms with van der Waals surface area (Å²) in [5.41, 5.74) is 5.79. The Hall–Kier alpha value is -1.96. The van der Waals surface area contributed by atoms with Gasteiger partial charge >= 0.3 is 0 Å². The van der Waals surface area contributed by atoms with Gasteiger partial charge in [0.25, 0.3) is 0 Å². The Kier molecular flexibility index (Phi) is 2.94. The molecule has 0 saturated carbocycles. The van der Waals surface area contributed by atoms with Crippen LogP contribution in [0.3, 0.4) is 0 Å². The van der Waals surface area contributed by atoms with E-state index < -0.39 is 0 Å². The predicted octanol–water partition coefficient (Wildman–Crippen LogP) is 3.59. The highest BCUT2D eigenvalue weighted by Gasteiger charge is 2.21. The molecule has 0 heterocycles. The number of rotatable bonds is 2. The zero-order valence-corrected chi connectivity index (χ0v) is 11.4. The van der Waals surface area contributed by atoms with Gasteiger partial charge < -0.3 is 10.4 Å². The van der Waals surface area contributed by atoms with Gasteiger partial charge in [-0.05, 0) is 49.4 Å². The monoisotopic (exact) mass is 253 g/mol. The summed E-state index contributed by atoms with van der Waals surface area (Å²) in [5, 5.41) is 13.6. The van der Waals surface area contributed by atoms with E-state index in [0.717, 1.165) is 29.7 Å². The van der Waals surface area contributed by atoms with Crippen molar-refractivity contribution >= 4 is 5.69 Å². The van der Waals surface area contributed by atoms with Crippen molar-refractivity contribution in [1.29, 1.82) is 0 Å². The molecule has 0 aliphatic heterocycles. The second-order valence-electron chi connectivity index (χ2n) is 5.42. The Balaban J connectivity index is 1.80. The summed E-state index contributed by atoms with van der Waals surface area (Å²) in [6.07, 6.45) is 2.12. The van der Waals surface area contributed by atoms with Gasteiger partial charge in [0.1, 0.15) is 5.75 Å². The first-order chi connectivity index (χ1) is 9.15. The van der Waals surface area contributed by atoms with E-state index in [0.29, 0.717) is 11.8 Å². The van der Waals surface area contributed by atoms with Crippen molar-refractivity contribution in [3.63, 3.8) is 0 Å². The van der Waals surface area contributed by atoms with Gasteiger partial charge in [0.2, 0.25) is 0 Å². The maximum absolute atomic E-state index is 9.99. The van der Waals surface area contributed by atoms with Crippen LogP contribution >= 0.6 is 0 Å². The van der Waals surface area contributed by atoms with E-state index in [1.807, 2.05) is 19.9 Å². The van der Waals surface area contributed by atoms with Gasteiger partial charge in [0.05, 0.1) is 0 Å². The molecule has 2 aromatic carbocycles. The van der Waals surface area contributed by atoms with Gasteiger partial charge in [0, 0.05) is 17.3 Å². The number of hydrogen-bond donors (Lipinski definition) is 2. The molecule has 0 atom stereocenters. The van der Waals surface area contributed by atoms with Crippen molar-refractivity contribution in [3.8, 4) is 5.75 Å². The molecule has 0 unspecified atom stereocenters. The molecule has 0 radical (unpaired) electrons. The predicted molar refractivity (Wildman–Crippen MR) is 78.8 cm³/mol. The van der Waals surface area contributed by atoms with Gasteiger partial charge in [-0.2, -0.15) is 0 Å². The lowest BCUT2D eigenvalue weighted by atomic mass is 10.1. The van der Waals surface area contributed by atoms with Crippen molar-refractivity contribution in [2.24, 2.45) is 0 Å². The number of aryl methyl sites for hydroxylation is 1. The molecule has 1 aliphatic carbocycles. The molecule has 0 bridgehead atoms. The largest absolute Gasteiger partial charge is 0.507 e. The van der Waals surface area contributed by atoms with E-state index in [1.165, 1.54) is 11.1 Å². The normalized spacial score (nSPS) is 14.4. The lowest BCUT2D eigenvalue weighted by molar-refractivity contribution is 0.467. The zero-order chi connectivity index (χ0) is 13.4. The Labute approximate surface area is 114 Å². The highest BCUT2D eigenvalue weighted by atomic mass is 16.3. The van der Waals surface area contributed by atoms with Gasteiger partial charge in [-0.15, -0.1) is 0 Å². The highest BCUT2D eigenvalue weighted by Crippen LogP contribution is 2.31. The van der Waals surface area contributed by atoms with Crippen LogP contribution in [0, 0.1) is 13.8 Å². The zero-order valence-electron chi connectivity index (χ0n) is 11.4. The smallest absolute Gasteiger partial charge is 0.123 e. The fraction of sp³-hybridized carbons (Fsp3) is 0.294. The fourth-order valence-corrected chi connectivity index (χ4v) is 2.87. The Morgan fingerprint density at radius 1 is 1.00 bits per heavy atom. The van der Waals surface area contributed by atoms with E-state index in [9.17, 15) is 5.11 Å². The number of anilines is 1. The van der Waals surface area contributed by atoms with Crippen LogP contribution < -0.4 is 5.32 Å². The van der Waals surface area contributed by atoms with Gasteiger partial charge in [-0.1, -0.05) is 30.3 Å². The maximum atomic E-state index is 9.99. The maximum Gasteiger partial charge on any atom is 0.123 e. The number of aromatic hydroxyl groups is 1. The second-order valence-corrected chi connectivity index (χ2v) is 5.42. The first kappa shape index (κ1) is 12.1. The van der Waals surface area contributed by atoms with Crippen LogP contribution in [0.15, 0.2) is 36.4 Å². The molecule has 0 aromatic heterocycles. The third-order valence-corrected chi connectivity index (χ3v) is 4.04. The minimum atomic E-state index is 0.403. The van der Waals surface area contributed by atoms with Crippen molar-refractivity contribution in [2.75, 3.05) is 5.32 Å². The molecule has 0 amide bonds. The topological polar surface area (TPSA) is 32.3 Å². The van der Waals surface area contributed by atoms with E-state index in [1.54, 1.807) is 0 Å². The Morgan fingerprint density at radius 2 is 1.63 bits per heavy atom. The molecular formula is C17H19NO. The molecule has 2 nitrogen and oxygen atoms in total. The fourth-order valence-electron chi connectivity index (χ4n) is 2.87. The minimum Gasteiger partial charge on any atom is -0.507 e. The summed E-state index contributed by atoms with van der Waals surface area (Å²) in [7, 11) is 0. The number of phenols is 1. The van der Waals surface area contributed by atoms with E-state index in [4.69, 9.17) is 0 Å². The Bertz CT molecular complexity index is 594. The third kappa shape index (κ3) is 2.19. The summed E-state index contributed by atoms with van der Waals surface area (Å²) < 4.78 is 0. The van der Waals surface area contributed by atoms with Crippen molar-refractivity contribution in [3.05, 3.63) is 58.7 Å². The summed E-state index contributed by atoms with van der Waals surface area (Å²) in [6, 6.07) is 13.1. The summed E-state index contributed by atoms with van der Waals surface area (Å²) in [4.78, 5) is 0. The Morgan fingerprint density at radius 3 is 2.26 bits per heavy atom. The first-order valence-corrected chi connectivity index (χ1v) is 6.77. The average molecular weight is 253 g/mol. The van der Waals surface area contributed by atoms with Crippen LogP contribution in [0.1, 0.15) is 22.3 Å².